The molecule has 1 unspecified atom stereocenters. The Balaban J connectivity index is 1.72. The van der Waals surface area contributed by atoms with Gasteiger partial charge in [0.25, 0.3) is 0 Å². The van der Waals surface area contributed by atoms with Crippen LogP contribution in [0.15, 0.2) is 23.2 Å². The molecule has 1 aromatic carbocycles. The normalized spacial score (nSPS) is 17.0. The van der Waals surface area contributed by atoms with Crippen LogP contribution in [-0.2, 0) is 16.0 Å². The van der Waals surface area contributed by atoms with Gasteiger partial charge in [-0.2, -0.15) is 0 Å². The van der Waals surface area contributed by atoms with Crippen LogP contribution < -0.4 is 20.1 Å². The van der Waals surface area contributed by atoms with Gasteiger partial charge in [0, 0.05) is 32.2 Å². The summed E-state index contributed by atoms with van der Waals surface area (Å²) in [4.78, 5) is 4.64. The third kappa shape index (κ3) is 7.64. The number of hydrogen-bond donors (Lipinski definition) is 2. The minimum absolute atomic E-state index is 0.563. The predicted octanol–water partition coefficient (Wildman–Crippen LogP) is 2.20. The van der Waals surface area contributed by atoms with E-state index in [-0.39, 0.29) is 0 Å². The summed E-state index contributed by atoms with van der Waals surface area (Å²) in [7, 11) is 3.27. The predicted molar refractivity (Wildman–Crippen MR) is 107 cm³/mol. The molecule has 1 aliphatic heterocycles. The SMILES string of the molecule is CCNC(=NCc1ccc(OC)c(OC)c1)NCCCOCC1CCOC1. The summed E-state index contributed by atoms with van der Waals surface area (Å²) in [5.74, 6) is 2.81. The highest BCUT2D eigenvalue weighted by Crippen LogP contribution is 2.27. The lowest BCUT2D eigenvalue weighted by Crippen LogP contribution is -2.38. The molecule has 27 heavy (non-hydrogen) atoms. The number of hydrogen-bond acceptors (Lipinski definition) is 5. The lowest BCUT2D eigenvalue weighted by molar-refractivity contribution is 0.0888. The minimum Gasteiger partial charge on any atom is -0.493 e. The van der Waals surface area contributed by atoms with Crippen LogP contribution in [0.2, 0.25) is 0 Å². The Bertz CT molecular complexity index is 574. The maximum absolute atomic E-state index is 5.73. The number of methoxy groups -OCH3 is 2. The van der Waals surface area contributed by atoms with Gasteiger partial charge < -0.3 is 29.6 Å². The molecular weight excluding hydrogens is 346 g/mol. The van der Waals surface area contributed by atoms with Crippen molar-refractivity contribution < 1.29 is 18.9 Å². The van der Waals surface area contributed by atoms with Crippen molar-refractivity contribution in [3.8, 4) is 11.5 Å². The van der Waals surface area contributed by atoms with Crippen LogP contribution in [0.1, 0.15) is 25.3 Å². The molecule has 1 aromatic rings. The van der Waals surface area contributed by atoms with Crippen molar-refractivity contribution in [1.82, 2.24) is 10.6 Å². The van der Waals surface area contributed by atoms with Gasteiger partial charge in [-0.15, -0.1) is 0 Å². The zero-order valence-corrected chi connectivity index (χ0v) is 16.8. The number of guanidine groups is 1. The third-order valence-corrected chi connectivity index (χ3v) is 4.35. The van der Waals surface area contributed by atoms with Gasteiger partial charge in [0.05, 0.1) is 34.0 Å². The van der Waals surface area contributed by atoms with Gasteiger partial charge in [0.15, 0.2) is 17.5 Å². The first-order chi connectivity index (χ1) is 13.3. The largest absolute Gasteiger partial charge is 0.493 e. The van der Waals surface area contributed by atoms with E-state index in [0.29, 0.717) is 18.2 Å². The van der Waals surface area contributed by atoms with E-state index in [1.165, 1.54) is 0 Å². The molecule has 0 amide bonds. The number of benzene rings is 1. The maximum Gasteiger partial charge on any atom is 0.191 e. The average Bonchev–Trinajstić information content (AvgIpc) is 3.21. The zero-order chi connectivity index (χ0) is 19.3. The molecule has 1 fully saturated rings. The van der Waals surface area contributed by atoms with Crippen molar-refractivity contribution in [2.24, 2.45) is 10.9 Å². The molecule has 0 bridgehead atoms. The first-order valence-electron chi connectivity index (χ1n) is 9.65. The summed E-state index contributed by atoms with van der Waals surface area (Å²) in [6.07, 6.45) is 2.06. The van der Waals surface area contributed by atoms with Crippen LogP contribution in [0, 0.1) is 5.92 Å². The molecule has 1 aliphatic rings. The molecule has 2 N–H and O–H groups in total. The summed E-state index contributed by atoms with van der Waals surface area (Å²) in [5.41, 5.74) is 1.06. The van der Waals surface area contributed by atoms with E-state index in [9.17, 15) is 0 Å². The Morgan fingerprint density at radius 3 is 2.78 bits per heavy atom. The fourth-order valence-corrected chi connectivity index (χ4v) is 2.84. The number of nitrogens with zero attached hydrogens (tertiary/aromatic N) is 1. The summed E-state index contributed by atoms with van der Waals surface area (Å²) in [6, 6.07) is 5.85. The van der Waals surface area contributed by atoms with Gasteiger partial charge >= 0.3 is 0 Å². The summed E-state index contributed by atoms with van der Waals surface area (Å²) in [5, 5.41) is 6.61. The van der Waals surface area contributed by atoms with Gasteiger partial charge in [-0.05, 0) is 37.5 Å². The van der Waals surface area contributed by atoms with E-state index in [1.54, 1.807) is 14.2 Å². The van der Waals surface area contributed by atoms with E-state index >= 15 is 0 Å². The molecule has 0 aliphatic carbocycles. The van der Waals surface area contributed by atoms with E-state index in [1.807, 2.05) is 18.2 Å². The van der Waals surface area contributed by atoms with Gasteiger partial charge in [-0.25, -0.2) is 4.99 Å². The molecule has 0 aromatic heterocycles. The van der Waals surface area contributed by atoms with Crippen molar-refractivity contribution in [2.75, 3.05) is 53.7 Å². The standard InChI is InChI=1S/C20H33N3O4/c1-4-21-20(22-9-5-10-26-14-17-8-11-27-15-17)23-13-16-6-7-18(24-2)19(12-16)25-3/h6-7,12,17H,4-5,8-11,13-15H2,1-3H3,(H2,21,22,23). The van der Waals surface area contributed by atoms with Crippen LogP contribution in [0.3, 0.4) is 0 Å². The number of rotatable bonds is 11. The topological polar surface area (TPSA) is 73.3 Å². The van der Waals surface area contributed by atoms with Gasteiger partial charge in [-0.1, -0.05) is 6.07 Å². The van der Waals surface area contributed by atoms with Crippen molar-refractivity contribution in [3.05, 3.63) is 23.8 Å². The van der Waals surface area contributed by atoms with Crippen molar-refractivity contribution in [3.63, 3.8) is 0 Å². The zero-order valence-electron chi connectivity index (χ0n) is 16.8. The fourth-order valence-electron chi connectivity index (χ4n) is 2.84. The van der Waals surface area contributed by atoms with Crippen LogP contribution >= 0.6 is 0 Å². The van der Waals surface area contributed by atoms with E-state index < -0.39 is 0 Å². The molecular formula is C20H33N3O4. The van der Waals surface area contributed by atoms with Crippen molar-refractivity contribution in [1.29, 1.82) is 0 Å². The lowest BCUT2D eigenvalue weighted by Gasteiger charge is -2.13. The van der Waals surface area contributed by atoms with Crippen LogP contribution in [-0.4, -0.2) is 59.7 Å². The Morgan fingerprint density at radius 2 is 2.07 bits per heavy atom. The quantitative estimate of drug-likeness (QED) is 0.349. The molecule has 0 radical (unpaired) electrons. The molecule has 7 heteroatoms. The molecule has 0 saturated carbocycles. The smallest absolute Gasteiger partial charge is 0.191 e. The maximum atomic E-state index is 5.73. The summed E-state index contributed by atoms with van der Waals surface area (Å²) >= 11 is 0. The van der Waals surface area contributed by atoms with E-state index in [0.717, 1.165) is 69.6 Å². The van der Waals surface area contributed by atoms with Crippen LogP contribution in [0.4, 0.5) is 0 Å². The average molecular weight is 380 g/mol. The van der Waals surface area contributed by atoms with Crippen molar-refractivity contribution >= 4 is 5.96 Å². The van der Waals surface area contributed by atoms with E-state index in [2.05, 4.69) is 22.5 Å². The highest BCUT2D eigenvalue weighted by atomic mass is 16.5. The summed E-state index contributed by atoms with van der Waals surface area (Å²) in [6.45, 7) is 7.51. The highest BCUT2D eigenvalue weighted by molar-refractivity contribution is 5.79. The Kier molecular flexibility index (Phi) is 9.79. The van der Waals surface area contributed by atoms with Crippen LogP contribution in [0.25, 0.3) is 0 Å². The van der Waals surface area contributed by atoms with Crippen LogP contribution in [0.5, 0.6) is 11.5 Å². The second kappa shape index (κ2) is 12.4. The third-order valence-electron chi connectivity index (χ3n) is 4.35. The van der Waals surface area contributed by atoms with E-state index in [4.69, 9.17) is 18.9 Å². The monoisotopic (exact) mass is 379 g/mol. The molecule has 1 atom stereocenters. The Hall–Kier alpha value is -1.99. The fraction of sp³-hybridized carbons (Fsp3) is 0.650. The van der Waals surface area contributed by atoms with Gasteiger partial charge in [0.2, 0.25) is 0 Å². The van der Waals surface area contributed by atoms with Crippen molar-refractivity contribution in [2.45, 2.75) is 26.3 Å². The molecule has 2 rings (SSSR count). The van der Waals surface area contributed by atoms with Gasteiger partial charge in [-0.3, -0.25) is 0 Å². The second-order valence-corrected chi connectivity index (χ2v) is 6.47. The molecule has 1 saturated heterocycles. The minimum atomic E-state index is 0.563. The molecule has 152 valence electrons. The first-order valence-corrected chi connectivity index (χ1v) is 9.65. The second-order valence-electron chi connectivity index (χ2n) is 6.47. The molecule has 7 nitrogen and oxygen atoms in total. The Morgan fingerprint density at radius 1 is 1.22 bits per heavy atom. The number of ether oxygens (including phenoxy) is 4. The lowest BCUT2D eigenvalue weighted by atomic mass is 10.1. The Labute approximate surface area is 162 Å². The summed E-state index contributed by atoms with van der Waals surface area (Å²) < 4.78 is 21.7. The molecule has 1 heterocycles. The number of aliphatic imine (C=N–C) groups is 1. The number of nitrogens with one attached hydrogen (secondary N) is 2. The molecule has 0 spiro atoms. The van der Waals surface area contributed by atoms with Gasteiger partial charge in [0.1, 0.15) is 0 Å². The first kappa shape index (κ1) is 21.3. The highest BCUT2D eigenvalue weighted by Gasteiger charge is 2.15.